The number of halogens is 2. The maximum atomic E-state index is 13.2. The molecule has 0 spiro atoms. The van der Waals surface area contributed by atoms with Crippen LogP contribution in [-0.2, 0) is 4.74 Å². The fourth-order valence-corrected chi connectivity index (χ4v) is 2.00. The second kappa shape index (κ2) is 4.58. The van der Waals surface area contributed by atoms with E-state index in [9.17, 15) is 8.78 Å². The zero-order valence-corrected chi connectivity index (χ0v) is 9.90. The topological polar surface area (TPSA) is 74.2 Å². The van der Waals surface area contributed by atoms with E-state index < -0.39 is 11.6 Å². The summed E-state index contributed by atoms with van der Waals surface area (Å²) >= 11 is 0. The molecule has 1 aromatic heterocycles. The number of hydrogen-bond acceptors (Lipinski definition) is 5. The van der Waals surface area contributed by atoms with Gasteiger partial charge in [0.05, 0.1) is 5.56 Å². The molecule has 100 valence electrons. The molecule has 1 unspecified atom stereocenters. The first-order valence-corrected chi connectivity index (χ1v) is 5.85. The predicted molar refractivity (Wildman–Crippen MR) is 62.0 cm³/mol. The molecule has 1 aliphatic rings. The van der Waals surface area contributed by atoms with Gasteiger partial charge in [0.1, 0.15) is 6.10 Å². The molecule has 1 fully saturated rings. The largest absolute Gasteiger partial charge is 0.398 e. The Balaban J connectivity index is 1.96. The summed E-state index contributed by atoms with van der Waals surface area (Å²) in [6, 6.07) is 1.83. The molecule has 1 aliphatic heterocycles. The number of nitrogens with two attached hydrogens (primary N) is 1. The molecule has 2 heterocycles. The molecule has 0 saturated carbocycles. The molecule has 0 aliphatic carbocycles. The molecule has 0 amide bonds. The lowest BCUT2D eigenvalue weighted by Crippen LogP contribution is -1.98. The van der Waals surface area contributed by atoms with Gasteiger partial charge < -0.3 is 15.0 Å². The van der Waals surface area contributed by atoms with E-state index >= 15 is 0 Å². The number of nitrogen functional groups attached to an aromatic ring is 1. The van der Waals surface area contributed by atoms with Crippen molar-refractivity contribution < 1.29 is 18.0 Å². The molecule has 19 heavy (non-hydrogen) atoms. The zero-order valence-electron chi connectivity index (χ0n) is 9.90. The highest BCUT2D eigenvalue weighted by molar-refractivity contribution is 5.70. The van der Waals surface area contributed by atoms with E-state index in [1.165, 1.54) is 0 Å². The van der Waals surface area contributed by atoms with Crippen LogP contribution in [0.5, 0.6) is 0 Å². The van der Waals surface area contributed by atoms with Crippen LogP contribution in [0.15, 0.2) is 16.7 Å². The average molecular weight is 267 g/mol. The van der Waals surface area contributed by atoms with E-state index in [1.807, 2.05) is 0 Å². The van der Waals surface area contributed by atoms with Gasteiger partial charge in [0, 0.05) is 18.4 Å². The Morgan fingerprint density at radius 1 is 1.26 bits per heavy atom. The van der Waals surface area contributed by atoms with Gasteiger partial charge >= 0.3 is 0 Å². The van der Waals surface area contributed by atoms with Crippen molar-refractivity contribution in [2.45, 2.75) is 18.9 Å². The molecule has 5 nitrogen and oxygen atoms in total. The minimum atomic E-state index is -1.01. The molecule has 0 radical (unpaired) electrons. The van der Waals surface area contributed by atoms with Crippen LogP contribution in [0.2, 0.25) is 0 Å². The highest BCUT2D eigenvalue weighted by Gasteiger charge is 2.24. The summed E-state index contributed by atoms with van der Waals surface area (Å²) < 4.78 is 36.6. The van der Waals surface area contributed by atoms with Crippen molar-refractivity contribution in [3.63, 3.8) is 0 Å². The minimum Gasteiger partial charge on any atom is -0.398 e. The third kappa shape index (κ3) is 2.17. The number of rotatable bonds is 2. The smallest absolute Gasteiger partial charge is 0.260 e. The Labute approximate surface area is 107 Å². The monoisotopic (exact) mass is 267 g/mol. The Morgan fingerprint density at radius 2 is 2.05 bits per heavy atom. The number of aromatic nitrogens is 2. The third-order valence-electron chi connectivity index (χ3n) is 2.98. The quantitative estimate of drug-likeness (QED) is 0.846. The van der Waals surface area contributed by atoms with Gasteiger partial charge in [0.25, 0.3) is 5.89 Å². The van der Waals surface area contributed by atoms with Gasteiger partial charge in [-0.05, 0) is 18.9 Å². The molecule has 0 bridgehead atoms. The lowest BCUT2D eigenvalue weighted by Gasteiger charge is -2.02. The summed E-state index contributed by atoms with van der Waals surface area (Å²) in [6.45, 7) is 0.655. The minimum absolute atomic E-state index is 0.0430. The fourth-order valence-electron chi connectivity index (χ4n) is 2.00. The van der Waals surface area contributed by atoms with Crippen molar-refractivity contribution in [3.05, 3.63) is 29.6 Å². The number of ether oxygens (including phenoxy) is 1. The molecule has 2 N–H and O–H groups in total. The first kappa shape index (κ1) is 12.0. The Hall–Kier alpha value is -2.02. The van der Waals surface area contributed by atoms with Crippen LogP contribution >= 0.6 is 0 Å². The molecule has 2 aromatic rings. The van der Waals surface area contributed by atoms with Crippen LogP contribution in [0.3, 0.4) is 0 Å². The van der Waals surface area contributed by atoms with Crippen molar-refractivity contribution in [1.82, 2.24) is 10.1 Å². The van der Waals surface area contributed by atoms with Gasteiger partial charge in [0.2, 0.25) is 5.82 Å². The highest BCUT2D eigenvalue weighted by Crippen LogP contribution is 2.31. The Morgan fingerprint density at radius 3 is 2.79 bits per heavy atom. The maximum Gasteiger partial charge on any atom is 0.260 e. The van der Waals surface area contributed by atoms with Crippen LogP contribution in [0.25, 0.3) is 11.5 Å². The van der Waals surface area contributed by atoms with Crippen molar-refractivity contribution in [2.75, 3.05) is 12.3 Å². The second-order valence-corrected chi connectivity index (χ2v) is 4.31. The summed E-state index contributed by atoms with van der Waals surface area (Å²) in [5.41, 5.74) is 5.84. The van der Waals surface area contributed by atoms with Crippen LogP contribution in [0.1, 0.15) is 24.8 Å². The normalized spacial score (nSPS) is 18.9. The maximum absolute atomic E-state index is 13.2. The van der Waals surface area contributed by atoms with Crippen LogP contribution in [0, 0.1) is 11.6 Å². The summed E-state index contributed by atoms with van der Waals surface area (Å²) in [5, 5.41) is 3.78. The molecule has 1 saturated heterocycles. The van der Waals surface area contributed by atoms with E-state index in [0.29, 0.717) is 12.4 Å². The van der Waals surface area contributed by atoms with Crippen molar-refractivity contribution in [2.24, 2.45) is 0 Å². The molecular weight excluding hydrogens is 256 g/mol. The Kier molecular flexibility index (Phi) is 2.90. The Bertz CT molecular complexity index is 609. The van der Waals surface area contributed by atoms with Crippen LogP contribution in [-0.4, -0.2) is 16.7 Å². The number of nitrogens with zero attached hydrogens (tertiary/aromatic N) is 2. The van der Waals surface area contributed by atoms with E-state index in [0.717, 1.165) is 25.0 Å². The van der Waals surface area contributed by atoms with E-state index in [1.54, 1.807) is 0 Å². The van der Waals surface area contributed by atoms with Gasteiger partial charge in [0.15, 0.2) is 11.6 Å². The molecule has 1 atom stereocenters. The third-order valence-corrected chi connectivity index (χ3v) is 2.98. The van der Waals surface area contributed by atoms with Gasteiger partial charge in [-0.25, -0.2) is 8.78 Å². The van der Waals surface area contributed by atoms with Crippen molar-refractivity contribution in [3.8, 4) is 11.5 Å². The lowest BCUT2D eigenvalue weighted by atomic mass is 10.1. The lowest BCUT2D eigenvalue weighted by molar-refractivity contribution is 0.103. The average Bonchev–Trinajstić information content (AvgIpc) is 3.03. The summed E-state index contributed by atoms with van der Waals surface area (Å²) in [7, 11) is 0. The first-order chi connectivity index (χ1) is 9.15. The molecule has 1 aromatic carbocycles. The van der Waals surface area contributed by atoms with Crippen molar-refractivity contribution in [1.29, 1.82) is 0 Å². The van der Waals surface area contributed by atoms with Gasteiger partial charge in [-0.3, -0.25) is 0 Å². The van der Waals surface area contributed by atoms with E-state index in [-0.39, 0.29) is 23.2 Å². The van der Waals surface area contributed by atoms with Crippen LogP contribution in [0.4, 0.5) is 14.5 Å². The standard InChI is InChI=1S/C12H11F2N3O2/c13-7-4-6(9(15)5-8(7)14)12-16-11(17-19-12)10-2-1-3-18-10/h4-5,10H,1-3,15H2. The second-order valence-electron chi connectivity index (χ2n) is 4.31. The van der Waals surface area contributed by atoms with Gasteiger partial charge in [-0.15, -0.1) is 0 Å². The zero-order chi connectivity index (χ0) is 13.4. The summed E-state index contributed by atoms with van der Waals surface area (Å²) in [4.78, 5) is 4.12. The summed E-state index contributed by atoms with van der Waals surface area (Å²) in [5.74, 6) is -1.57. The number of anilines is 1. The fraction of sp³-hybridized carbons (Fsp3) is 0.333. The molecule has 7 heteroatoms. The number of benzene rings is 1. The van der Waals surface area contributed by atoms with Crippen LogP contribution < -0.4 is 5.73 Å². The highest BCUT2D eigenvalue weighted by atomic mass is 19.2. The van der Waals surface area contributed by atoms with Gasteiger partial charge in [-0.2, -0.15) is 4.98 Å². The first-order valence-electron chi connectivity index (χ1n) is 5.85. The van der Waals surface area contributed by atoms with Gasteiger partial charge in [-0.1, -0.05) is 5.16 Å². The summed E-state index contributed by atoms with van der Waals surface area (Å²) in [6.07, 6.45) is 1.54. The SMILES string of the molecule is Nc1cc(F)c(F)cc1-c1nc(C2CCCO2)no1. The molecule has 3 rings (SSSR count). The predicted octanol–water partition coefficient (Wildman–Crippen LogP) is 2.45. The molecular formula is C12H11F2N3O2. The van der Waals surface area contributed by atoms with E-state index in [2.05, 4.69) is 10.1 Å². The number of hydrogen-bond donors (Lipinski definition) is 1. The van der Waals surface area contributed by atoms with Crippen molar-refractivity contribution >= 4 is 5.69 Å². The van der Waals surface area contributed by atoms with E-state index in [4.69, 9.17) is 15.0 Å².